The molecule has 31 heavy (non-hydrogen) atoms. The molecule has 1 unspecified atom stereocenters. The molecule has 3 N–H and O–H groups in total. The first-order valence-electron chi connectivity index (χ1n) is 9.51. The van der Waals surface area contributed by atoms with E-state index in [9.17, 15) is 23.2 Å². The highest BCUT2D eigenvalue weighted by Gasteiger charge is 2.16. The Kier molecular flexibility index (Phi) is 8.74. The summed E-state index contributed by atoms with van der Waals surface area (Å²) in [5.41, 5.74) is 4.07. The van der Waals surface area contributed by atoms with Crippen molar-refractivity contribution in [2.24, 2.45) is 0 Å². The second-order valence-electron chi connectivity index (χ2n) is 6.33. The Hall–Kier alpha value is -3.69. The summed E-state index contributed by atoms with van der Waals surface area (Å²) in [6, 6.07) is 9.27. The van der Waals surface area contributed by atoms with Crippen LogP contribution in [0.2, 0.25) is 0 Å². The molecular weight excluding hydrogens is 412 g/mol. The van der Waals surface area contributed by atoms with Crippen molar-refractivity contribution in [3.8, 4) is 11.5 Å². The monoisotopic (exact) mass is 435 g/mol. The summed E-state index contributed by atoms with van der Waals surface area (Å²) < 4.78 is 37.2. The Morgan fingerprint density at radius 3 is 2.32 bits per heavy atom. The van der Waals surface area contributed by atoms with Crippen molar-refractivity contribution in [3.05, 3.63) is 59.7 Å². The number of benzene rings is 2. The molecule has 2 rings (SSSR count). The number of amides is 3. The van der Waals surface area contributed by atoms with E-state index in [2.05, 4.69) is 16.2 Å². The fraction of sp³-hybridized carbons (Fsp3) is 0.286. The molecule has 0 saturated heterocycles. The van der Waals surface area contributed by atoms with Crippen LogP contribution in [0.1, 0.15) is 30.6 Å². The molecule has 0 saturated carbocycles. The zero-order valence-corrected chi connectivity index (χ0v) is 17.0. The van der Waals surface area contributed by atoms with E-state index in [1.54, 1.807) is 24.3 Å². The fourth-order valence-electron chi connectivity index (χ4n) is 2.39. The minimum absolute atomic E-state index is 0.115. The summed E-state index contributed by atoms with van der Waals surface area (Å²) >= 11 is 0. The van der Waals surface area contributed by atoms with Gasteiger partial charge in [-0.05, 0) is 50.2 Å². The highest BCUT2D eigenvalue weighted by atomic mass is 19.1. The van der Waals surface area contributed by atoms with E-state index >= 15 is 0 Å². The molecule has 166 valence electrons. The maximum atomic E-state index is 13.5. The lowest BCUT2D eigenvalue weighted by atomic mass is 10.2. The lowest BCUT2D eigenvalue weighted by Gasteiger charge is -2.15. The lowest BCUT2D eigenvalue weighted by Crippen LogP contribution is -2.47. The normalized spacial score (nSPS) is 11.2. The van der Waals surface area contributed by atoms with Gasteiger partial charge in [-0.3, -0.25) is 25.2 Å². The third kappa shape index (κ3) is 7.57. The van der Waals surface area contributed by atoms with Crippen LogP contribution in [-0.4, -0.2) is 37.0 Å². The summed E-state index contributed by atoms with van der Waals surface area (Å²) in [6.45, 7) is 3.79. The first kappa shape index (κ1) is 23.6. The topological polar surface area (TPSA) is 106 Å². The maximum absolute atomic E-state index is 13.5. The summed E-state index contributed by atoms with van der Waals surface area (Å²) in [4.78, 5) is 35.7. The average molecular weight is 435 g/mol. The van der Waals surface area contributed by atoms with E-state index in [4.69, 9.17) is 9.47 Å². The van der Waals surface area contributed by atoms with E-state index in [0.717, 1.165) is 12.1 Å². The lowest BCUT2D eigenvalue weighted by molar-refractivity contribution is -0.132. The Balaban J connectivity index is 1.70. The van der Waals surface area contributed by atoms with Crippen LogP contribution >= 0.6 is 0 Å². The number of hydrogen-bond donors (Lipinski definition) is 3. The average Bonchev–Trinajstić information content (AvgIpc) is 2.73. The first-order valence-corrected chi connectivity index (χ1v) is 9.51. The molecule has 0 aromatic heterocycles. The standard InChI is InChI=1S/C21H23F2N3O5/c1-3-30-15-5-7-16(8-6-15)31-13(2)20(28)26-25-19(27)10-11-24-21(29)17-9-4-14(22)12-18(17)23/h4-9,12-13H,3,10-11H2,1-2H3,(H,24,29)(H,25,27)(H,26,28). The Bertz CT molecular complexity index is 922. The molecule has 1 atom stereocenters. The van der Waals surface area contributed by atoms with Crippen LogP contribution in [0.15, 0.2) is 42.5 Å². The van der Waals surface area contributed by atoms with Gasteiger partial charge in [-0.25, -0.2) is 8.78 Å². The predicted octanol–water partition coefficient (Wildman–Crippen LogP) is 2.10. The van der Waals surface area contributed by atoms with E-state index in [1.165, 1.54) is 6.92 Å². The molecule has 0 spiro atoms. The van der Waals surface area contributed by atoms with Crippen molar-refractivity contribution in [1.29, 1.82) is 0 Å². The van der Waals surface area contributed by atoms with Crippen LogP contribution < -0.4 is 25.6 Å². The summed E-state index contributed by atoms with van der Waals surface area (Å²) in [5, 5.41) is 2.34. The van der Waals surface area contributed by atoms with E-state index in [-0.39, 0.29) is 18.5 Å². The van der Waals surface area contributed by atoms with Gasteiger partial charge >= 0.3 is 0 Å². The third-order valence-corrected chi connectivity index (χ3v) is 3.96. The maximum Gasteiger partial charge on any atom is 0.279 e. The molecule has 2 aromatic carbocycles. The molecule has 8 nitrogen and oxygen atoms in total. The highest BCUT2D eigenvalue weighted by Crippen LogP contribution is 2.18. The SMILES string of the molecule is CCOc1ccc(OC(C)C(=O)NNC(=O)CCNC(=O)c2ccc(F)cc2F)cc1. The molecule has 0 aliphatic heterocycles. The van der Waals surface area contributed by atoms with Gasteiger partial charge in [-0.2, -0.15) is 0 Å². The van der Waals surface area contributed by atoms with Crippen LogP contribution in [0.5, 0.6) is 11.5 Å². The van der Waals surface area contributed by atoms with E-state index in [0.29, 0.717) is 24.2 Å². The molecular formula is C21H23F2N3O5. The number of hydrazine groups is 1. The number of hydrogen-bond acceptors (Lipinski definition) is 5. The Labute approximate surface area is 177 Å². The van der Waals surface area contributed by atoms with Crippen molar-refractivity contribution in [1.82, 2.24) is 16.2 Å². The molecule has 0 fully saturated rings. The van der Waals surface area contributed by atoms with Gasteiger partial charge in [-0.15, -0.1) is 0 Å². The number of nitrogens with one attached hydrogen (secondary N) is 3. The molecule has 0 bridgehead atoms. The van der Waals surface area contributed by atoms with Crippen LogP contribution in [0.25, 0.3) is 0 Å². The van der Waals surface area contributed by atoms with Crippen LogP contribution in [0.3, 0.4) is 0 Å². The smallest absolute Gasteiger partial charge is 0.279 e. The Morgan fingerprint density at radius 1 is 1.00 bits per heavy atom. The van der Waals surface area contributed by atoms with Crippen molar-refractivity contribution >= 4 is 17.7 Å². The number of rotatable bonds is 9. The summed E-state index contributed by atoms with van der Waals surface area (Å²) in [6.07, 6.45) is -1.07. The van der Waals surface area contributed by atoms with Crippen LogP contribution in [0.4, 0.5) is 8.78 Å². The van der Waals surface area contributed by atoms with Gasteiger partial charge < -0.3 is 14.8 Å². The second-order valence-corrected chi connectivity index (χ2v) is 6.33. The number of carbonyl (C=O) groups is 3. The predicted molar refractivity (Wildman–Crippen MR) is 107 cm³/mol. The van der Waals surface area contributed by atoms with Gasteiger partial charge in [0, 0.05) is 19.0 Å². The van der Waals surface area contributed by atoms with Gasteiger partial charge in [0.25, 0.3) is 11.8 Å². The van der Waals surface area contributed by atoms with Gasteiger partial charge in [0.05, 0.1) is 12.2 Å². The number of halogens is 2. The molecule has 0 aliphatic carbocycles. The fourth-order valence-corrected chi connectivity index (χ4v) is 2.39. The Morgan fingerprint density at radius 2 is 1.68 bits per heavy atom. The zero-order chi connectivity index (χ0) is 22.8. The van der Waals surface area contributed by atoms with Gasteiger partial charge in [0.1, 0.15) is 23.1 Å². The second kappa shape index (κ2) is 11.5. The van der Waals surface area contributed by atoms with Crippen molar-refractivity contribution in [2.45, 2.75) is 26.4 Å². The first-order chi connectivity index (χ1) is 14.8. The molecule has 2 aromatic rings. The van der Waals surface area contributed by atoms with Crippen LogP contribution in [-0.2, 0) is 9.59 Å². The van der Waals surface area contributed by atoms with Gasteiger partial charge in [0.2, 0.25) is 5.91 Å². The zero-order valence-electron chi connectivity index (χ0n) is 17.0. The van der Waals surface area contributed by atoms with Crippen molar-refractivity contribution < 1.29 is 32.6 Å². The molecule has 10 heteroatoms. The van der Waals surface area contributed by atoms with Gasteiger partial charge in [0.15, 0.2) is 6.10 Å². The number of carbonyl (C=O) groups excluding carboxylic acids is 3. The number of ether oxygens (including phenoxy) is 2. The summed E-state index contributed by atoms with van der Waals surface area (Å²) in [5.74, 6) is -2.63. The van der Waals surface area contributed by atoms with Gasteiger partial charge in [-0.1, -0.05) is 0 Å². The molecule has 0 radical (unpaired) electrons. The minimum atomic E-state index is -1.00. The molecule has 0 heterocycles. The minimum Gasteiger partial charge on any atom is -0.494 e. The molecule has 0 aliphatic rings. The largest absolute Gasteiger partial charge is 0.494 e. The summed E-state index contributed by atoms with van der Waals surface area (Å²) in [7, 11) is 0. The van der Waals surface area contributed by atoms with E-state index < -0.39 is 35.5 Å². The third-order valence-electron chi connectivity index (χ3n) is 3.96. The molecule has 3 amide bonds. The quantitative estimate of drug-likeness (QED) is 0.523. The van der Waals surface area contributed by atoms with Crippen LogP contribution in [0, 0.1) is 11.6 Å². The van der Waals surface area contributed by atoms with Crippen molar-refractivity contribution in [3.63, 3.8) is 0 Å². The van der Waals surface area contributed by atoms with E-state index in [1.807, 2.05) is 6.92 Å². The van der Waals surface area contributed by atoms with Crippen molar-refractivity contribution in [2.75, 3.05) is 13.2 Å². The highest BCUT2D eigenvalue weighted by molar-refractivity contribution is 5.94.